The minimum Gasteiger partial charge on any atom is -0.393 e. The first-order valence-corrected chi connectivity index (χ1v) is 11.6. The molecule has 4 rings (SSSR count). The quantitative estimate of drug-likeness (QED) is 0.743. The van der Waals surface area contributed by atoms with Crippen LogP contribution in [0.1, 0.15) is 46.5 Å². The molecule has 3 heterocycles. The van der Waals surface area contributed by atoms with Crippen LogP contribution in [0.3, 0.4) is 0 Å². The molecule has 2 N–H and O–H groups in total. The lowest BCUT2D eigenvalue weighted by Gasteiger charge is -2.29. The molecule has 6 nitrogen and oxygen atoms in total. The van der Waals surface area contributed by atoms with Gasteiger partial charge in [-0.1, -0.05) is 30.3 Å². The smallest absolute Gasteiger partial charge is 0.264 e. The summed E-state index contributed by atoms with van der Waals surface area (Å²) in [5, 5.41) is 14.5. The van der Waals surface area contributed by atoms with Gasteiger partial charge in [0.1, 0.15) is 6.04 Å². The zero-order valence-corrected chi connectivity index (χ0v) is 17.9. The molecule has 2 fully saturated rings. The summed E-state index contributed by atoms with van der Waals surface area (Å²) in [6, 6.07) is 11.6. The molecule has 2 aliphatic rings. The van der Waals surface area contributed by atoms with Gasteiger partial charge in [-0.15, -0.1) is 11.3 Å². The molecule has 0 spiro atoms. The monoisotopic (exact) mass is 427 g/mol. The first-order valence-electron chi connectivity index (χ1n) is 10.7. The van der Waals surface area contributed by atoms with E-state index in [4.69, 9.17) is 0 Å². The fraction of sp³-hybridized carbons (Fsp3) is 0.478. The molecule has 30 heavy (non-hydrogen) atoms. The van der Waals surface area contributed by atoms with E-state index in [2.05, 4.69) is 34.5 Å². The van der Waals surface area contributed by atoms with Gasteiger partial charge < -0.3 is 15.3 Å². The van der Waals surface area contributed by atoms with Crippen molar-refractivity contribution >= 4 is 23.2 Å². The van der Waals surface area contributed by atoms with Crippen molar-refractivity contribution in [3.8, 4) is 0 Å². The number of rotatable bonds is 6. The fourth-order valence-corrected chi connectivity index (χ4v) is 4.91. The average Bonchev–Trinajstić information content (AvgIpc) is 3.46. The number of likely N-dealkylation sites (tertiary alicyclic amines) is 2. The maximum atomic E-state index is 12.7. The van der Waals surface area contributed by atoms with Crippen LogP contribution in [0.25, 0.3) is 0 Å². The van der Waals surface area contributed by atoms with Gasteiger partial charge in [0.25, 0.3) is 5.91 Å². The minimum atomic E-state index is -0.381. The number of benzene rings is 1. The molecule has 2 aromatic rings. The standard InChI is InChI=1S/C23H29N3O3S/c27-19-9-12-25(13-10-19)16-18-7-5-17(6-8-18)15-24-22(28)20-3-1-11-26(20)23(29)21-4-2-14-30-21/h2,4-8,14,19-20,27H,1,3,9-13,15-16H2,(H,24,28)/t20-/m0/s1. The minimum absolute atomic E-state index is 0.0442. The molecule has 2 saturated heterocycles. The summed E-state index contributed by atoms with van der Waals surface area (Å²) < 4.78 is 0. The van der Waals surface area contributed by atoms with Crippen LogP contribution >= 0.6 is 11.3 Å². The van der Waals surface area contributed by atoms with Crippen molar-refractivity contribution in [3.63, 3.8) is 0 Å². The second kappa shape index (κ2) is 9.73. The van der Waals surface area contributed by atoms with Crippen molar-refractivity contribution < 1.29 is 14.7 Å². The first kappa shape index (κ1) is 21.0. The molecule has 0 unspecified atom stereocenters. The van der Waals surface area contributed by atoms with Crippen molar-refractivity contribution in [3.05, 3.63) is 57.8 Å². The molecule has 2 amide bonds. The maximum absolute atomic E-state index is 12.7. The largest absolute Gasteiger partial charge is 0.393 e. The highest BCUT2D eigenvalue weighted by Crippen LogP contribution is 2.22. The topological polar surface area (TPSA) is 72.9 Å². The van der Waals surface area contributed by atoms with E-state index in [0.29, 0.717) is 24.4 Å². The van der Waals surface area contributed by atoms with Crippen molar-refractivity contribution in [2.24, 2.45) is 0 Å². The lowest BCUT2D eigenvalue weighted by molar-refractivity contribution is -0.125. The number of amides is 2. The van der Waals surface area contributed by atoms with Crippen molar-refractivity contribution in [1.82, 2.24) is 15.1 Å². The third kappa shape index (κ3) is 5.09. The number of hydrogen-bond donors (Lipinski definition) is 2. The Hall–Kier alpha value is -2.22. The molecule has 0 bridgehead atoms. The van der Waals surface area contributed by atoms with Crippen LogP contribution in [-0.2, 0) is 17.9 Å². The maximum Gasteiger partial charge on any atom is 0.264 e. The second-order valence-corrected chi connectivity index (χ2v) is 9.12. The average molecular weight is 428 g/mol. The SMILES string of the molecule is O=C(NCc1ccc(CN2CCC(O)CC2)cc1)[C@@H]1CCCN1C(=O)c1cccs1. The van der Waals surface area contributed by atoms with Crippen molar-refractivity contribution in [1.29, 1.82) is 0 Å². The highest BCUT2D eigenvalue weighted by molar-refractivity contribution is 7.12. The molecule has 1 atom stereocenters. The van der Waals surface area contributed by atoms with Gasteiger partial charge in [-0.3, -0.25) is 14.5 Å². The molecular weight excluding hydrogens is 398 g/mol. The molecule has 0 saturated carbocycles. The normalized spacial score (nSPS) is 20.4. The van der Waals surface area contributed by atoms with Gasteiger partial charge in [0.15, 0.2) is 0 Å². The lowest BCUT2D eigenvalue weighted by Crippen LogP contribution is -2.45. The van der Waals surface area contributed by atoms with Crippen molar-refractivity contribution in [2.45, 2.75) is 50.9 Å². The fourth-order valence-electron chi connectivity index (χ4n) is 4.23. The zero-order valence-electron chi connectivity index (χ0n) is 17.1. The van der Waals surface area contributed by atoms with E-state index in [-0.39, 0.29) is 24.0 Å². The van der Waals surface area contributed by atoms with Gasteiger partial charge in [-0.05, 0) is 48.3 Å². The third-order valence-corrected chi connectivity index (χ3v) is 6.86. The Kier molecular flexibility index (Phi) is 6.82. The number of aliphatic hydroxyl groups is 1. The van der Waals surface area contributed by atoms with Gasteiger partial charge in [-0.2, -0.15) is 0 Å². The number of aliphatic hydroxyl groups excluding tert-OH is 1. The van der Waals surface area contributed by atoms with E-state index in [1.54, 1.807) is 4.90 Å². The third-order valence-electron chi connectivity index (χ3n) is 6.00. The van der Waals surface area contributed by atoms with E-state index in [1.807, 2.05) is 17.5 Å². The first-order chi connectivity index (χ1) is 14.6. The van der Waals surface area contributed by atoms with Gasteiger partial charge >= 0.3 is 0 Å². The number of piperidine rings is 1. The molecule has 1 aromatic heterocycles. The summed E-state index contributed by atoms with van der Waals surface area (Å²) in [7, 11) is 0. The Morgan fingerprint density at radius 1 is 1.03 bits per heavy atom. The number of thiophene rings is 1. The summed E-state index contributed by atoms with van der Waals surface area (Å²) in [6.07, 6.45) is 3.11. The summed E-state index contributed by atoms with van der Waals surface area (Å²) in [5.41, 5.74) is 2.29. The van der Waals surface area contributed by atoms with Crippen LogP contribution in [0.2, 0.25) is 0 Å². The Bertz CT molecular complexity index is 845. The van der Waals surface area contributed by atoms with Gasteiger partial charge in [0.2, 0.25) is 5.91 Å². The Balaban J connectivity index is 1.27. The molecule has 160 valence electrons. The summed E-state index contributed by atoms with van der Waals surface area (Å²) in [4.78, 5) is 30.1. The lowest BCUT2D eigenvalue weighted by atomic mass is 10.1. The van der Waals surface area contributed by atoms with Crippen molar-refractivity contribution in [2.75, 3.05) is 19.6 Å². The van der Waals surface area contributed by atoms with Crippen LogP contribution in [0, 0.1) is 0 Å². The zero-order chi connectivity index (χ0) is 20.9. The number of carbonyl (C=O) groups excluding carboxylic acids is 2. The van der Waals surface area contributed by atoms with E-state index < -0.39 is 0 Å². The number of hydrogen-bond acceptors (Lipinski definition) is 5. The predicted molar refractivity (Wildman–Crippen MR) is 117 cm³/mol. The number of nitrogens with zero attached hydrogens (tertiary/aromatic N) is 2. The second-order valence-electron chi connectivity index (χ2n) is 8.18. The molecular formula is C23H29N3O3S. The summed E-state index contributed by atoms with van der Waals surface area (Å²) in [6.45, 7) is 3.85. The Labute approximate surface area is 181 Å². The van der Waals surface area contributed by atoms with Crippen LogP contribution in [0.15, 0.2) is 41.8 Å². The molecule has 1 aromatic carbocycles. The van der Waals surface area contributed by atoms with E-state index in [9.17, 15) is 14.7 Å². The highest BCUT2D eigenvalue weighted by atomic mass is 32.1. The molecule has 0 radical (unpaired) electrons. The van der Waals surface area contributed by atoms with Gasteiger partial charge in [0.05, 0.1) is 11.0 Å². The number of carbonyl (C=O) groups is 2. The van der Waals surface area contributed by atoms with Crippen LogP contribution in [0.5, 0.6) is 0 Å². The predicted octanol–water partition coefficient (Wildman–Crippen LogP) is 2.63. The van der Waals surface area contributed by atoms with Gasteiger partial charge in [0, 0.05) is 32.7 Å². The Morgan fingerprint density at radius 2 is 1.77 bits per heavy atom. The van der Waals surface area contributed by atoms with Crippen LogP contribution in [0.4, 0.5) is 0 Å². The van der Waals surface area contributed by atoms with E-state index >= 15 is 0 Å². The molecule has 0 aliphatic carbocycles. The van der Waals surface area contributed by atoms with E-state index in [1.165, 1.54) is 16.9 Å². The summed E-state index contributed by atoms with van der Waals surface area (Å²) in [5.74, 6) is -0.120. The molecule has 2 aliphatic heterocycles. The highest BCUT2D eigenvalue weighted by Gasteiger charge is 2.34. The Morgan fingerprint density at radius 3 is 2.47 bits per heavy atom. The van der Waals surface area contributed by atoms with Gasteiger partial charge in [-0.25, -0.2) is 0 Å². The number of nitrogens with one attached hydrogen (secondary N) is 1. The van der Waals surface area contributed by atoms with Crippen LogP contribution < -0.4 is 5.32 Å². The van der Waals surface area contributed by atoms with E-state index in [0.717, 1.165) is 44.5 Å². The van der Waals surface area contributed by atoms with Crippen LogP contribution in [-0.4, -0.2) is 58.5 Å². The summed E-state index contributed by atoms with van der Waals surface area (Å²) >= 11 is 1.42. The molecule has 7 heteroatoms.